The summed E-state index contributed by atoms with van der Waals surface area (Å²) in [5, 5.41) is 3.79. The molecule has 0 bridgehead atoms. The van der Waals surface area contributed by atoms with Crippen molar-refractivity contribution in [3.63, 3.8) is 0 Å². The van der Waals surface area contributed by atoms with Crippen LogP contribution in [0, 0.1) is 0 Å². The number of fused-ring (bicyclic) bond motifs is 1. The van der Waals surface area contributed by atoms with Crippen molar-refractivity contribution in [1.82, 2.24) is 15.0 Å². The zero-order valence-corrected chi connectivity index (χ0v) is 16.4. The Hall–Kier alpha value is -3.86. The maximum absolute atomic E-state index is 11.7. The third-order valence-corrected chi connectivity index (χ3v) is 5.34. The SMILES string of the molecule is C=CC(=O)Nc1cccc(-c2cc(-c3ccnc(C4CC4)c3)cc3cncnc23)c1. The van der Waals surface area contributed by atoms with Crippen molar-refractivity contribution in [2.75, 3.05) is 5.32 Å². The van der Waals surface area contributed by atoms with Gasteiger partial charge < -0.3 is 5.32 Å². The first-order valence-electron chi connectivity index (χ1n) is 9.95. The number of hydrogen-bond acceptors (Lipinski definition) is 4. The van der Waals surface area contributed by atoms with Gasteiger partial charge in [0.2, 0.25) is 5.91 Å². The zero-order chi connectivity index (χ0) is 20.5. The monoisotopic (exact) mass is 392 g/mol. The van der Waals surface area contributed by atoms with Gasteiger partial charge in [0.15, 0.2) is 0 Å². The standard InChI is InChI=1S/C25H20N4O/c1-2-24(30)29-21-5-3-4-18(11-21)22-12-19(10-20-14-26-15-28-25(20)22)17-8-9-27-23(13-17)16-6-7-16/h2-5,8-16H,1,6-7H2,(H,29,30). The number of rotatable bonds is 5. The molecule has 1 aliphatic rings. The first-order valence-corrected chi connectivity index (χ1v) is 9.95. The Morgan fingerprint density at radius 2 is 1.93 bits per heavy atom. The quantitative estimate of drug-likeness (QED) is 0.464. The molecule has 5 heteroatoms. The molecule has 30 heavy (non-hydrogen) atoms. The lowest BCUT2D eigenvalue weighted by molar-refractivity contribution is -0.111. The van der Waals surface area contributed by atoms with Crippen molar-refractivity contribution < 1.29 is 4.79 Å². The molecule has 5 nitrogen and oxygen atoms in total. The van der Waals surface area contributed by atoms with Gasteiger partial charge in [0.25, 0.3) is 0 Å². The predicted molar refractivity (Wildman–Crippen MR) is 119 cm³/mol. The van der Waals surface area contributed by atoms with Crippen LogP contribution in [-0.2, 0) is 4.79 Å². The Bertz CT molecular complexity index is 1280. The van der Waals surface area contributed by atoms with Crippen molar-refractivity contribution in [2.24, 2.45) is 0 Å². The van der Waals surface area contributed by atoms with E-state index >= 15 is 0 Å². The van der Waals surface area contributed by atoms with Crippen LogP contribution in [0.1, 0.15) is 24.5 Å². The van der Waals surface area contributed by atoms with E-state index in [9.17, 15) is 4.79 Å². The highest BCUT2D eigenvalue weighted by molar-refractivity contribution is 6.01. The van der Waals surface area contributed by atoms with Crippen LogP contribution in [0.25, 0.3) is 33.2 Å². The number of carbonyl (C=O) groups is 1. The highest BCUT2D eigenvalue weighted by atomic mass is 16.1. The summed E-state index contributed by atoms with van der Waals surface area (Å²) in [7, 11) is 0. The fraction of sp³-hybridized carbons (Fsp3) is 0.120. The third kappa shape index (κ3) is 3.57. The molecule has 0 atom stereocenters. The third-order valence-electron chi connectivity index (χ3n) is 5.34. The van der Waals surface area contributed by atoms with E-state index < -0.39 is 0 Å². The second-order valence-electron chi connectivity index (χ2n) is 7.50. The maximum Gasteiger partial charge on any atom is 0.247 e. The molecular formula is C25H20N4O. The van der Waals surface area contributed by atoms with Crippen LogP contribution in [-0.4, -0.2) is 20.9 Å². The van der Waals surface area contributed by atoms with Gasteiger partial charge >= 0.3 is 0 Å². The molecule has 2 aromatic carbocycles. The van der Waals surface area contributed by atoms with Gasteiger partial charge in [-0.1, -0.05) is 18.7 Å². The van der Waals surface area contributed by atoms with Gasteiger partial charge in [-0.05, 0) is 72.0 Å². The molecule has 0 radical (unpaired) electrons. The normalized spacial score (nSPS) is 13.2. The van der Waals surface area contributed by atoms with E-state index in [1.54, 1.807) is 6.33 Å². The molecule has 0 unspecified atom stereocenters. The van der Waals surface area contributed by atoms with E-state index in [0.717, 1.165) is 38.9 Å². The molecule has 1 amide bonds. The summed E-state index contributed by atoms with van der Waals surface area (Å²) < 4.78 is 0. The van der Waals surface area contributed by atoms with E-state index in [4.69, 9.17) is 0 Å². The fourth-order valence-corrected chi connectivity index (χ4v) is 3.68. The van der Waals surface area contributed by atoms with Gasteiger partial charge in [-0.25, -0.2) is 9.97 Å². The Labute approximate surface area is 174 Å². The summed E-state index contributed by atoms with van der Waals surface area (Å²) in [5.74, 6) is 0.357. The molecule has 1 fully saturated rings. The summed E-state index contributed by atoms with van der Waals surface area (Å²) in [5.41, 5.74) is 6.94. The van der Waals surface area contributed by atoms with Crippen molar-refractivity contribution in [3.8, 4) is 22.3 Å². The Balaban J connectivity index is 1.65. The second-order valence-corrected chi connectivity index (χ2v) is 7.50. The first kappa shape index (κ1) is 18.2. The highest BCUT2D eigenvalue weighted by Crippen LogP contribution is 2.40. The molecule has 0 saturated heterocycles. The zero-order valence-electron chi connectivity index (χ0n) is 16.4. The lowest BCUT2D eigenvalue weighted by Crippen LogP contribution is -2.07. The van der Waals surface area contributed by atoms with Crippen molar-refractivity contribution in [2.45, 2.75) is 18.8 Å². The molecule has 2 heterocycles. The highest BCUT2D eigenvalue weighted by Gasteiger charge is 2.25. The molecular weight excluding hydrogens is 372 g/mol. The molecule has 5 rings (SSSR count). The fourth-order valence-electron chi connectivity index (χ4n) is 3.68. The van der Waals surface area contributed by atoms with Crippen molar-refractivity contribution >= 4 is 22.5 Å². The first-order chi connectivity index (χ1) is 14.7. The number of hydrogen-bond donors (Lipinski definition) is 1. The van der Waals surface area contributed by atoms with E-state index in [1.165, 1.54) is 18.9 Å². The predicted octanol–water partition coefficient (Wildman–Crippen LogP) is 5.36. The minimum atomic E-state index is -0.238. The smallest absolute Gasteiger partial charge is 0.247 e. The van der Waals surface area contributed by atoms with Crippen LogP contribution in [0.3, 0.4) is 0 Å². The Morgan fingerprint density at radius 1 is 1.03 bits per heavy atom. The number of benzene rings is 2. The van der Waals surface area contributed by atoms with Crippen LogP contribution < -0.4 is 5.32 Å². The van der Waals surface area contributed by atoms with Crippen LogP contribution >= 0.6 is 0 Å². The average Bonchev–Trinajstić information content (AvgIpc) is 3.64. The van der Waals surface area contributed by atoms with Gasteiger partial charge in [-0.3, -0.25) is 9.78 Å². The van der Waals surface area contributed by atoms with Crippen LogP contribution in [0.15, 0.2) is 79.9 Å². The van der Waals surface area contributed by atoms with Crippen LogP contribution in [0.4, 0.5) is 5.69 Å². The van der Waals surface area contributed by atoms with Gasteiger partial charge in [-0.15, -0.1) is 0 Å². The van der Waals surface area contributed by atoms with Gasteiger partial charge in [0, 0.05) is 40.6 Å². The summed E-state index contributed by atoms with van der Waals surface area (Å²) >= 11 is 0. The number of nitrogens with one attached hydrogen (secondary N) is 1. The van der Waals surface area contributed by atoms with Gasteiger partial charge in [0.05, 0.1) is 5.52 Å². The lowest BCUT2D eigenvalue weighted by Gasteiger charge is -2.12. The minimum Gasteiger partial charge on any atom is -0.323 e. The van der Waals surface area contributed by atoms with E-state index in [-0.39, 0.29) is 5.91 Å². The topological polar surface area (TPSA) is 67.8 Å². The van der Waals surface area contributed by atoms with E-state index in [2.05, 4.69) is 45.0 Å². The number of pyridine rings is 1. The molecule has 1 aliphatic carbocycles. The second kappa shape index (κ2) is 7.52. The largest absolute Gasteiger partial charge is 0.323 e. The number of carbonyl (C=O) groups excluding carboxylic acids is 1. The minimum absolute atomic E-state index is 0.238. The number of nitrogens with zero attached hydrogens (tertiary/aromatic N) is 3. The maximum atomic E-state index is 11.7. The van der Waals surface area contributed by atoms with Crippen LogP contribution in [0.5, 0.6) is 0 Å². The van der Waals surface area contributed by atoms with E-state index in [1.807, 2.05) is 42.7 Å². The number of anilines is 1. The molecule has 1 saturated carbocycles. The summed E-state index contributed by atoms with van der Waals surface area (Å²) in [6, 6.07) is 16.2. The van der Waals surface area contributed by atoms with Crippen LogP contribution in [0.2, 0.25) is 0 Å². The molecule has 4 aromatic rings. The van der Waals surface area contributed by atoms with Crippen molar-refractivity contribution in [1.29, 1.82) is 0 Å². The van der Waals surface area contributed by atoms with Gasteiger partial charge in [0.1, 0.15) is 6.33 Å². The molecule has 146 valence electrons. The summed E-state index contributed by atoms with van der Waals surface area (Å²) in [6.07, 6.45) is 8.98. The molecule has 1 N–H and O–H groups in total. The van der Waals surface area contributed by atoms with Crippen molar-refractivity contribution in [3.05, 3.63) is 85.6 Å². The number of aromatic nitrogens is 3. The molecule has 0 spiro atoms. The Morgan fingerprint density at radius 3 is 2.77 bits per heavy atom. The summed E-state index contributed by atoms with van der Waals surface area (Å²) in [6.45, 7) is 3.51. The summed E-state index contributed by atoms with van der Waals surface area (Å²) in [4.78, 5) is 25.0. The molecule has 2 aromatic heterocycles. The number of amides is 1. The molecule has 0 aliphatic heterocycles. The lowest BCUT2D eigenvalue weighted by atomic mass is 9.95. The Kier molecular flexibility index (Phi) is 4.56. The van der Waals surface area contributed by atoms with E-state index in [0.29, 0.717) is 11.6 Å². The van der Waals surface area contributed by atoms with Gasteiger partial charge in [-0.2, -0.15) is 0 Å². The average molecular weight is 392 g/mol.